The second kappa shape index (κ2) is 5.49. The van der Waals surface area contributed by atoms with Gasteiger partial charge >= 0.3 is 0 Å². The molecule has 1 fully saturated rings. The summed E-state index contributed by atoms with van der Waals surface area (Å²) in [7, 11) is 2.17. The normalized spacial score (nSPS) is 17.3. The van der Waals surface area contributed by atoms with Crippen LogP contribution < -0.4 is 10.2 Å². The van der Waals surface area contributed by atoms with Crippen molar-refractivity contribution in [3.8, 4) is 0 Å². The molecule has 1 unspecified atom stereocenters. The zero-order valence-electron chi connectivity index (χ0n) is 12.9. The molecule has 1 N–H and O–H groups in total. The molecule has 19 heavy (non-hydrogen) atoms. The standard InChI is InChI=1S/C16H27N3/c1-12(16(2,3)4)19(5)15-11-17-9-8-13(15)10-18-14-6-7-14/h8-9,11-12,14,18H,6-7,10H2,1-5H3. The lowest BCUT2D eigenvalue weighted by Gasteiger charge is -2.37. The van der Waals surface area contributed by atoms with Crippen molar-refractivity contribution < 1.29 is 0 Å². The van der Waals surface area contributed by atoms with Gasteiger partial charge in [-0.1, -0.05) is 20.8 Å². The number of anilines is 1. The number of rotatable bonds is 5. The second-order valence-electron chi connectivity index (χ2n) is 6.81. The van der Waals surface area contributed by atoms with Gasteiger partial charge in [-0.25, -0.2) is 0 Å². The van der Waals surface area contributed by atoms with E-state index in [1.807, 2.05) is 12.4 Å². The van der Waals surface area contributed by atoms with Crippen molar-refractivity contribution in [2.24, 2.45) is 5.41 Å². The number of nitrogens with zero attached hydrogens (tertiary/aromatic N) is 2. The van der Waals surface area contributed by atoms with Crippen LogP contribution in [0.3, 0.4) is 0 Å². The van der Waals surface area contributed by atoms with E-state index in [4.69, 9.17) is 0 Å². The van der Waals surface area contributed by atoms with Crippen molar-refractivity contribution in [1.82, 2.24) is 10.3 Å². The van der Waals surface area contributed by atoms with Crippen LogP contribution >= 0.6 is 0 Å². The molecule has 0 saturated heterocycles. The predicted molar refractivity (Wildman–Crippen MR) is 81.4 cm³/mol. The average Bonchev–Trinajstić information content (AvgIpc) is 3.18. The number of hydrogen-bond donors (Lipinski definition) is 1. The van der Waals surface area contributed by atoms with E-state index in [1.54, 1.807) is 0 Å². The number of nitrogens with one attached hydrogen (secondary N) is 1. The van der Waals surface area contributed by atoms with Gasteiger partial charge in [-0.15, -0.1) is 0 Å². The van der Waals surface area contributed by atoms with Gasteiger partial charge < -0.3 is 10.2 Å². The molecule has 0 aliphatic heterocycles. The van der Waals surface area contributed by atoms with Gasteiger partial charge in [-0.05, 0) is 36.8 Å². The summed E-state index contributed by atoms with van der Waals surface area (Å²) in [6, 6.07) is 3.35. The topological polar surface area (TPSA) is 28.2 Å². The van der Waals surface area contributed by atoms with E-state index in [-0.39, 0.29) is 5.41 Å². The molecule has 1 saturated carbocycles. The summed E-state index contributed by atoms with van der Waals surface area (Å²) in [5.41, 5.74) is 2.85. The average molecular weight is 261 g/mol. The van der Waals surface area contributed by atoms with Crippen LogP contribution in [0.4, 0.5) is 5.69 Å². The molecule has 1 heterocycles. The smallest absolute Gasteiger partial charge is 0.0598 e. The molecular weight excluding hydrogens is 234 g/mol. The van der Waals surface area contributed by atoms with Gasteiger partial charge in [0.2, 0.25) is 0 Å². The van der Waals surface area contributed by atoms with Gasteiger partial charge in [0, 0.05) is 31.9 Å². The highest BCUT2D eigenvalue weighted by atomic mass is 15.1. The van der Waals surface area contributed by atoms with Gasteiger partial charge in [0.1, 0.15) is 0 Å². The fourth-order valence-electron chi connectivity index (χ4n) is 2.21. The Morgan fingerprint density at radius 3 is 2.68 bits per heavy atom. The Hall–Kier alpha value is -1.09. The zero-order valence-corrected chi connectivity index (χ0v) is 12.9. The Morgan fingerprint density at radius 2 is 2.11 bits per heavy atom. The fraction of sp³-hybridized carbons (Fsp3) is 0.688. The van der Waals surface area contributed by atoms with Crippen molar-refractivity contribution in [2.45, 2.75) is 59.2 Å². The first-order valence-corrected chi connectivity index (χ1v) is 7.28. The Labute approximate surface area is 117 Å². The third-order valence-electron chi connectivity index (χ3n) is 4.26. The summed E-state index contributed by atoms with van der Waals surface area (Å²) in [6.45, 7) is 10.1. The Bertz CT molecular complexity index is 418. The quantitative estimate of drug-likeness (QED) is 0.882. The van der Waals surface area contributed by atoms with Crippen molar-refractivity contribution in [1.29, 1.82) is 0 Å². The van der Waals surface area contributed by atoms with E-state index < -0.39 is 0 Å². The molecule has 1 atom stereocenters. The van der Waals surface area contributed by atoms with Gasteiger partial charge in [0.25, 0.3) is 0 Å². The van der Waals surface area contributed by atoms with Crippen molar-refractivity contribution in [3.05, 3.63) is 24.0 Å². The summed E-state index contributed by atoms with van der Waals surface area (Å²) >= 11 is 0. The molecule has 0 amide bonds. The molecule has 0 radical (unpaired) electrons. The van der Waals surface area contributed by atoms with Crippen molar-refractivity contribution in [3.63, 3.8) is 0 Å². The Kier molecular flexibility index (Phi) is 4.14. The first-order chi connectivity index (χ1) is 8.89. The summed E-state index contributed by atoms with van der Waals surface area (Å²) < 4.78 is 0. The third-order valence-corrected chi connectivity index (χ3v) is 4.26. The molecule has 106 valence electrons. The van der Waals surface area contributed by atoms with Gasteiger partial charge in [-0.2, -0.15) is 0 Å². The minimum Gasteiger partial charge on any atom is -0.370 e. The number of aromatic nitrogens is 1. The van der Waals surface area contributed by atoms with E-state index in [0.717, 1.165) is 12.6 Å². The van der Waals surface area contributed by atoms with Crippen LogP contribution in [-0.4, -0.2) is 24.1 Å². The third kappa shape index (κ3) is 3.69. The van der Waals surface area contributed by atoms with E-state index in [2.05, 4.69) is 56.0 Å². The highest BCUT2D eigenvalue weighted by molar-refractivity contribution is 5.52. The zero-order chi connectivity index (χ0) is 14.0. The molecular formula is C16H27N3. The van der Waals surface area contributed by atoms with Gasteiger partial charge in [0.05, 0.1) is 11.9 Å². The summed E-state index contributed by atoms with van der Waals surface area (Å²) in [5.74, 6) is 0. The van der Waals surface area contributed by atoms with Crippen LogP contribution in [0.2, 0.25) is 0 Å². The maximum Gasteiger partial charge on any atom is 0.0598 e. The highest BCUT2D eigenvalue weighted by Crippen LogP contribution is 2.29. The maximum atomic E-state index is 4.30. The first kappa shape index (κ1) is 14.3. The molecule has 0 bridgehead atoms. The molecule has 1 aromatic heterocycles. The minimum absolute atomic E-state index is 0.256. The predicted octanol–water partition coefficient (Wildman–Crippen LogP) is 3.20. The van der Waals surface area contributed by atoms with Crippen LogP contribution in [0.5, 0.6) is 0 Å². The van der Waals surface area contributed by atoms with E-state index in [0.29, 0.717) is 6.04 Å². The molecule has 0 aromatic carbocycles. The fourth-order valence-corrected chi connectivity index (χ4v) is 2.21. The van der Waals surface area contributed by atoms with E-state index in [1.165, 1.54) is 24.1 Å². The molecule has 1 aliphatic rings. The monoisotopic (exact) mass is 261 g/mol. The molecule has 2 rings (SSSR count). The lowest BCUT2D eigenvalue weighted by molar-refractivity contribution is 0.329. The highest BCUT2D eigenvalue weighted by Gasteiger charge is 2.26. The maximum absolute atomic E-state index is 4.30. The molecule has 3 heteroatoms. The number of pyridine rings is 1. The molecule has 3 nitrogen and oxygen atoms in total. The van der Waals surface area contributed by atoms with Crippen LogP contribution in [0.25, 0.3) is 0 Å². The lowest BCUT2D eigenvalue weighted by Crippen LogP contribution is -2.40. The first-order valence-electron chi connectivity index (χ1n) is 7.28. The van der Waals surface area contributed by atoms with Crippen molar-refractivity contribution >= 4 is 5.69 Å². The Balaban J connectivity index is 2.13. The van der Waals surface area contributed by atoms with Crippen LogP contribution in [0.1, 0.15) is 46.1 Å². The largest absolute Gasteiger partial charge is 0.370 e. The summed E-state index contributed by atoms with van der Waals surface area (Å²) in [4.78, 5) is 6.66. The van der Waals surface area contributed by atoms with Crippen LogP contribution in [-0.2, 0) is 6.54 Å². The SMILES string of the molecule is CC(N(C)c1cnccc1CNC1CC1)C(C)(C)C. The van der Waals surface area contributed by atoms with Crippen LogP contribution in [0, 0.1) is 5.41 Å². The lowest BCUT2D eigenvalue weighted by atomic mass is 9.87. The van der Waals surface area contributed by atoms with Crippen LogP contribution in [0.15, 0.2) is 18.5 Å². The molecule has 0 spiro atoms. The Morgan fingerprint density at radius 1 is 1.42 bits per heavy atom. The van der Waals surface area contributed by atoms with Gasteiger partial charge in [0.15, 0.2) is 0 Å². The summed E-state index contributed by atoms with van der Waals surface area (Å²) in [5, 5.41) is 3.59. The van der Waals surface area contributed by atoms with Crippen molar-refractivity contribution in [2.75, 3.05) is 11.9 Å². The minimum atomic E-state index is 0.256. The molecule has 1 aromatic rings. The van der Waals surface area contributed by atoms with E-state index >= 15 is 0 Å². The number of hydrogen-bond acceptors (Lipinski definition) is 3. The summed E-state index contributed by atoms with van der Waals surface area (Å²) in [6.07, 6.45) is 6.54. The molecule has 1 aliphatic carbocycles. The second-order valence-corrected chi connectivity index (χ2v) is 6.81. The van der Waals surface area contributed by atoms with E-state index in [9.17, 15) is 0 Å². The van der Waals surface area contributed by atoms with Gasteiger partial charge in [-0.3, -0.25) is 4.98 Å².